The molecule has 4 heteroatoms. The van der Waals surface area contributed by atoms with Gasteiger partial charge in [0.25, 0.3) is 0 Å². The van der Waals surface area contributed by atoms with Gasteiger partial charge in [0.1, 0.15) is 0 Å². The number of nitrogens with zero attached hydrogens (tertiary/aromatic N) is 1. The fourth-order valence-electron chi connectivity index (χ4n) is 1.41. The van der Waals surface area contributed by atoms with Crippen LogP contribution in [0.1, 0.15) is 5.69 Å². The molecule has 3 N–H and O–H groups in total. The van der Waals surface area contributed by atoms with Gasteiger partial charge in [-0.05, 0) is 24.7 Å². The number of nitrogens with two attached hydrogens (primary N) is 1. The van der Waals surface area contributed by atoms with E-state index in [9.17, 15) is 0 Å². The summed E-state index contributed by atoms with van der Waals surface area (Å²) in [5, 5.41) is 7.22. The first-order chi connectivity index (χ1) is 7.29. The lowest BCUT2D eigenvalue weighted by Crippen LogP contribution is -2.02. The zero-order valence-corrected chi connectivity index (χ0v) is 9.79. The SMILES string of the molecule is NCCc1cc(-c2ccc(Br)cc2)n[nH]1. The highest BCUT2D eigenvalue weighted by atomic mass is 79.9. The topological polar surface area (TPSA) is 54.7 Å². The summed E-state index contributed by atoms with van der Waals surface area (Å²) in [4.78, 5) is 0. The first-order valence-electron chi connectivity index (χ1n) is 4.80. The number of aromatic nitrogens is 2. The normalized spacial score (nSPS) is 10.5. The van der Waals surface area contributed by atoms with Crippen LogP contribution in [0.5, 0.6) is 0 Å². The highest BCUT2D eigenvalue weighted by Gasteiger charge is 2.02. The fraction of sp³-hybridized carbons (Fsp3) is 0.182. The van der Waals surface area contributed by atoms with Crippen molar-refractivity contribution < 1.29 is 0 Å². The van der Waals surface area contributed by atoms with E-state index in [1.165, 1.54) is 0 Å². The Bertz CT molecular complexity index is 433. The van der Waals surface area contributed by atoms with Crippen LogP contribution in [0.3, 0.4) is 0 Å². The summed E-state index contributed by atoms with van der Waals surface area (Å²) in [5.74, 6) is 0. The molecule has 1 aromatic carbocycles. The Balaban J connectivity index is 2.25. The summed E-state index contributed by atoms with van der Waals surface area (Å²) in [6, 6.07) is 10.1. The van der Waals surface area contributed by atoms with Crippen LogP contribution in [0.25, 0.3) is 11.3 Å². The Morgan fingerprint density at radius 2 is 2.00 bits per heavy atom. The third-order valence-electron chi connectivity index (χ3n) is 2.18. The van der Waals surface area contributed by atoms with E-state index in [2.05, 4.69) is 26.1 Å². The highest BCUT2D eigenvalue weighted by Crippen LogP contribution is 2.20. The zero-order valence-electron chi connectivity index (χ0n) is 8.20. The molecule has 0 saturated heterocycles. The summed E-state index contributed by atoms with van der Waals surface area (Å²) in [7, 11) is 0. The second-order valence-corrected chi connectivity index (χ2v) is 4.24. The molecule has 0 fully saturated rings. The molecule has 15 heavy (non-hydrogen) atoms. The summed E-state index contributed by atoms with van der Waals surface area (Å²) in [6.45, 7) is 0.641. The first-order valence-corrected chi connectivity index (χ1v) is 5.59. The molecule has 0 radical (unpaired) electrons. The van der Waals surface area contributed by atoms with Crippen LogP contribution in [0.15, 0.2) is 34.8 Å². The third-order valence-corrected chi connectivity index (χ3v) is 2.71. The number of benzene rings is 1. The van der Waals surface area contributed by atoms with E-state index < -0.39 is 0 Å². The van der Waals surface area contributed by atoms with Gasteiger partial charge in [0.15, 0.2) is 0 Å². The molecule has 2 aromatic rings. The van der Waals surface area contributed by atoms with Crippen molar-refractivity contribution in [2.75, 3.05) is 6.54 Å². The standard InChI is InChI=1S/C11H12BrN3/c12-9-3-1-8(2-4-9)11-7-10(5-6-13)14-15-11/h1-4,7H,5-6,13H2,(H,14,15). The van der Waals surface area contributed by atoms with Crippen molar-refractivity contribution >= 4 is 15.9 Å². The van der Waals surface area contributed by atoms with Gasteiger partial charge in [-0.2, -0.15) is 5.10 Å². The summed E-state index contributed by atoms with van der Waals surface area (Å²) >= 11 is 3.40. The minimum absolute atomic E-state index is 0.641. The molecule has 2 rings (SSSR count). The van der Waals surface area contributed by atoms with Crippen molar-refractivity contribution in [3.8, 4) is 11.3 Å². The van der Waals surface area contributed by atoms with Gasteiger partial charge in [0, 0.05) is 22.2 Å². The maximum Gasteiger partial charge on any atom is 0.0923 e. The van der Waals surface area contributed by atoms with E-state index in [1.54, 1.807) is 0 Å². The molecule has 0 amide bonds. The van der Waals surface area contributed by atoms with Crippen LogP contribution < -0.4 is 5.73 Å². The van der Waals surface area contributed by atoms with E-state index in [4.69, 9.17) is 5.73 Å². The van der Waals surface area contributed by atoms with Crippen LogP contribution >= 0.6 is 15.9 Å². The molecule has 0 atom stereocenters. The monoisotopic (exact) mass is 265 g/mol. The second kappa shape index (κ2) is 4.59. The maximum atomic E-state index is 5.47. The minimum atomic E-state index is 0.641. The molecule has 0 spiro atoms. The third kappa shape index (κ3) is 2.46. The first kappa shape index (κ1) is 10.4. The Morgan fingerprint density at radius 1 is 1.27 bits per heavy atom. The molecule has 0 aliphatic heterocycles. The highest BCUT2D eigenvalue weighted by molar-refractivity contribution is 9.10. The second-order valence-electron chi connectivity index (χ2n) is 3.32. The molecule has 78 valence electrons. The van der Waals surface area contributed by atoms with Gasteiger partial charge in [0.05, 0.1) is 5.69 Å². The van der Waals surface area contributed by atoms with Gasteiger partial charge in [-0.15, -0.1) is 0 Å². The number of halogens is 1. The van der Waals surface area contributed by atoms with Crippen molar-refractivity contribution in [3.63, 3.8) is 0 Å². The number of rotatable bonds is 3. The number of hydrogen-bond donors (Lipinski definition) is 2. The maximum absolute atomic E-state index is 5.47. The molecule has 0 unspecified atom stereocenters. The Hall–Kier alpha value is -1.13. The molecule has 3 nitrogen and oxygen atoms in total. The average Bonchev–Trinajstić information content (AvgIpc) is 2.68. The van der Waals surface area contributed by atoms with Gasteiger partial charge in [0.2, 0.25) is 0 Å². The van der Waals surface area contributed by atoms with Crippen LogP contribution in [-0.4, -0.2) is 16.7 Å². The lowest BCUT2D eigenvalue weighted by molar-refractivity contribution is 0.902. The van der Waals surface area contributed by atoms with E-state index in [0.717, 1.165) is 27.8 Å². The van der Waals surface area contributed by atoms with Crippen molar-refractivity contribution in [2.24, 2.45) is 5.73 Å². The Kier molecular flexibility index (Phi) is 3.18. The van der Waals surface area contributed by atoms with Crippen LogP contribution in [0, 0.1) is 0 Å². The van der Waals surface area contributed by atoms with Crippen LogP contribution in [-0.2, 0) is 6.42 Å². The quantitative estimate of drug-likeness (QED) is 0.895. The van der Waals surface area contributed by atoms with Crippen molar-refractivity contribution in [1.29, 1.82) is 0 Å². The molecular weight excluding hydrogens is 254 g/mol. The number of aromatic amines is 1. The predicted molar refractivity (Wildman–Crippen MR) is 64.5 cm³/mol. The molecule has 0 saturated carbocycles. The van der Waals surface area contributed by atoms with Crippen LogP contribution in [0.2, 0.25) is 0 Å². The van der Waals surface area contributed by atoms with Crippen molar-refractivity contribution in [2.45, 2.75) is 6.42 Å². The molecule has 0 bridgehead atoms. The van der Waals surface area contributed by atoms with Gasteiger partial charge in [-0.1, -0.05) is 28.1 Å². The van der Waals surface area contributed by atoms with Crippen LogP contribution in [0.4, 0.5) is 0 Å². The van der Waals surface area contributed by atoms with E-state index in [1.807, 2.05) is 30.3 Å². The van der Waals surface area contributed by atoms with E-state index in [0.29, 0.717) is 6.54 Å². The Morgan fingerprint density at radius 3 is 2.67 bits per heavy atom. The Labute approximate surface area is 96.8 Å². The number of nitrogens with one attached hydrogen (secondary N) is 1. The number of H-pyrrole nitrogens is 1. The van der Waals surface area contributed by atoms with Gasteiger partial charge in [-0.25, -0.2) is 0 Å². The largest absolute Gasteiger partial charge is 0.330 e. The predicted octanol–water partition coefficient (Wildman–Crippen LogP) is 2.34. The van der Waals surface area contributed by atoms with E-state index >= 15 is 0 Å². The average molecular weight is 266 g/mol. The molecule has 1 aromatic heterocycles. The fourth-order valence-corrected chi connectivity index (χ4v) is 1.68. The minimum Gasteiger partial charge on any atom is -0.330 e. The number of hydrogen-bond acceptors (Lipinski definition) is 2. The van der Waals surface area contributed by atoms with E-state index in [-0.39, 0.29) is 0 Å². The van der Waals surface area contributed by atoms with Gasteiger partial charge >= 0.3 is 0 Å². The zero-order chi connectivity index (χ0) is 10.7. The lowest BCUT2D eigenvalue weighted by Gasteiger charge is -1.95. The van der Waals surface area contributed by atoms with Crippen molar-refractivity contribution in [1.82, 2.24) is 10.2 Å². The molecule has 0 aliphatic rings. The summed E-state index contributed by atoms with van der Waals surface area (Å²) < 4.78 is 1.07. The summed E-state index contributed by atoms with van der Waals surface area (Å²) in [5.41, 5.74) is 8.63. The van der Waals surface area contributed by atoms with Gasteiger partial charge in [-0.3, -0.25) is 5.10 Å². The smallest absolute Gasteiger partial charge is 0.0923 e. The lowest BCUT2D eigenvalue weighted by atomic mass is 10.1. The molecular formula is C11H12BrN3. The van der Waals surface area contributed by atoms with Gasteiger partial charge < -0.3 is 5.73 Å². The molecule has 0 aliphatic carbocycles. The molecule has 1 heterocycles. The van der Waals surface area contributed by atoms with Crippen molar-refractivity contribution in [3.05, 3.63) is 40.5 Å². The summed E-state index contributed by atoms with van der Waals surface area (Å²) in [6.07, 6.45) is 0.837.